The second-order valence-corrected chi connectivity index (χ2v) is 3.57. The number of rotatable bonds is 6. The molecule has 1 aromatic rings. The van der Waals surface area contributed by atoms with Crippen LogP contribution >= 0.6 is 0 Å². The van der Waals surface area contributed by atoms with Gasteiger partial charge >= 0.3 is 0 Å². The molecule has 0 radical (unpaired) electrons. The molecule has 0 saturated carbocycles. The molecule has 0 aliphatic heterocycles. The molecule has 0 aliphatic carbocycles. The summed E-state index contributed by atoms with van der Waals surface area (Å²) in [5, 5.41) is 8.84. The van der Waals surface area contributed by atoms with Gasteiger partial charge in [-0.05, 0) is 13.0 Å². The molecule has 5 nitrogen and oxygen atoms in total. The number of nitrogens with two attached hydrogens (primary N) is 1. The summed E-state index contributed by atoms with van der Waals surface area (Å²) in [5.41, 5.74) is 6.70. The molecule has 0 aliphatic rings. The molecule has 1 heterocycles. The molecule has 0 unspecified atom stereocenters. The van der Waals surface area contributed by atoms with Crippen LogP contribution in [-0.2, 0) is 6.54 Å². The number of hydrogen-bond donors (Lipinski definition) is 2. The molecule has 96 valence electrons. The van der Waals surface area contributed by atoms with E-state index in [9.17, 15) is 8.78 Å². The van der Waals surface area contributed by atoms with Crippen molar-refractivity contribution >= 4 is 5.95 Å². The Morgan fingerprint density at radius 3 is 2.71 bits per heavy atom. The summed E-state index contributed by atoms with van der Waals surface area (Å²) >= 11 is 0. The van der Waals surface area contributed by atoms with E-state index >= 15 is 0 Å². The second-order valence-electron chi connectivity index (χ2n) is 3.57. The Labute approximate surface area is 98.3 Å². The number of nitrogens with zero attached hydrogens (tertiary/aromatic N) is 3. The number of alkyl halides is 2. The predicted octanol–water partition coefficient (Wildman–Crippen LogP) is 0.308. The summed E-state index contributed by atoms with van der Waals surface area (Å²) in [7, 11) is 0. The van der Waals surface area contributed by atoms with Crippen molar-refractivity contribution in [1.29, 1.82) is 0 Å². The molecule has 0 saturated heterocycles. The molecule has 0 atom stereocenters. The minimum atomic E-state index is -2.51. The second kappa shape index (κ2) is 6.41. The minimum absolute atomic E-state index is 0.0673. The maximum Gasteiger partial charge on any atom is 0.255 e. The van der Waals surface area contributed by atoms with Gasteiger partial charge < -0.3 is 15.7 Å². The van der Waals surface area contributed by atoms with Crippen molar-refractivity contribution in [2.24, 2.45) is 5.73 Å². The third-order valence-corrected chi connectivity index (χ3v) is 2.12. The molecule has 7 heteroatoms. The van der Waals surface area contributed by atoms with Crippen LogP contribution < -0.4 is 10.6 Å². The van der Waals surface area contributed by atoms with Gasteiger partial charge in [0, 0.05) is 18.8 Å². The number of aromatic nitrogens is 2. The van der Waals surface area contributed by atoms with Crippen LogP contribution in [0.15, 0.2) is 6.07 Å². The average Bonchev–Trinajstić information content (AvgIpc) is 2.27. The van der Waals surface area contributed by atoms with E-state index in [4.69, 9.17) is 10.8 Å². The van der Waals surface area contributed by atoms with E-state index in [2.05, 4.69) is 9.97 Å². The van der Waals surface area contributed by atoms with Gasteiger partial charge in [-0.1, -0.05) is 0 Å². The fourth-order valence-corrected chi connectivity index (χ4v) is 1.42. The molecular weight excluding hydrogens is 230 g/mol. The Bertz CT molecular complexity index is 362. The van der Waals surface area contributed by atoms with Gasteiger partial charge in [-0.3, -0.25) is 0 Å². The number of anilines is 1. The Kier molecular flexibility index (Phi) is 5.17. The largest absolute Gasteiger partial charge is 0.395 e. The number of halogens is 2. The highest BCUT2D eigenvalue weighted by Gasteiger charge is 2.15. The highest BCUT2D eigenvalue weighted by molar-refractivity contribution is 5.32. The van der Waals surface area contributed by atoms with E-state index in [0.29, 0.717) is 11.4 Å². The summed E-state index contributed by atoms with van der Waals surface area (Å²) in [4.78, 5) is 9.38. The maximum absolute atomic E-state index is 12.4. The summed E-state index contributed by atoms with van der Waals surface area (Å²) in [6.45, 7) is 1.29. The van der Waals surface area contributed by atoms with Gasteiger partial charge in [0.15, 0.2) is 0 Å². The molecular formula is C10H16F2N4O. The molecule has 1 aromatic heterocycles. The fourth-order valence-electron chi connectivity index (χ4n) is 1.42. The first-order chi connectivity index (χ1) is 8.06. The molecule has 0 spiro atoms. The first kappa shape index (κ1) is 13.7. The zero-order valence-electron chi connectivity index (χ0n) is 9.61. The van der Waals surface area contributed by atoms with E-state index in [1.165, 1.54) is 4.90 Å². The lowest BCUT2D eigenvalue weighted by Crippen LogP contribution is -2.33. The minimum Gasteiger partial charge on any atom is -0.395 e. The van der Waals surface area contributed by atoms with Crippen LogP contribution in [0.4, 0.5) is 14.7 Å². The van der Waals surface area contributed by atoms with Gasteiger partial charge in [0.1, 0.15) is 0 Å². The van der Waals surface area contributed by atoms with Crippen LogP contribution in [-0.4, -0.2) is 41.2 Å². The highest BCUT2D eigenvalue weighted by Crippen LogP contribution is 2.11. The van der Waals surface area contributed by atoms with Crippen LogP contribution in [0.25, 0.3) is 0 Å². The number of aryl methyl sites for hydroxylation is 1. The van der Waals surface area contributed by atoms with E-state index in [-0.39, 0.29) is 25.6 Å². The molecule has 17 heavy (non-hydrogen) atoms. The Morgan fingerprint density at radius 2 is 2.18 bits per heavy atom. The zero-order valence-corrected chi connectivity index (χ0v) is 9.61. The number of aliphatic hydroxyl groups excluding tert-OH is 1. The summed E-state index contributed by atoms with van der Waals surface area (Å²) in [6, 6.07) is 1.70. The average molecular weight is 246 g/mol. The van der Waals surface area contributed by atoms with Crippen molar-refractivity contribution in [3.8, 4) is 0 Å². The Balaban J connectivity index is 2.95. The van der Waals surface area contributed by atoms with Crippen LogP contribution in [0, 0.1) is 6.92 Å². The van der Waals surface area contributed by atoms with E-state index in [1.807, 2.05) is 0 Å². The van der Waals surface area contributed by atoms with Gasteiger partial charge in [-0.2, -0.15) is 0 Å². The van der Waals surface area contributed by atoms with Crippen molar-refractivity contribution in [3.05, 3.63) is 17.5 Å². The first-order valence-electron chi connectivity index (χ1n) is 5.25. The Morgan fingerprint density at radius 1 is 1.47 bits per heavy atom. The molecule has 3 N–H and O–H groups in total. The van der Waals surface area contributed by atoms with E-state index in [1.54, 1.807) is 13.0 Å². The number of aliphatic hydroxyl groups is 1. The van der Waals surface area contributed by atoms with Crippen molar-refractivity contribution in [2.75, 3.05) is 24.6 Å². The summed E-state index contributed by atoms with van der Waals surface area (Å²) in [6.07, 6.45) is -2.51. The van der Waals surface area contributed by atoms with Gasteiger partial charge in [-0.25, -0.2) is 18.7 Å². The van der Waals surface area contributed by atoms with Crippen LogP contribution in [0.3, 0.4) is 0 Å². The smallest absolute Gasteiger partial charge is 0.255 e. The Hall–Kier alpha value is -1.34. The summed E-state index contributed by atoms with van der Waals surface area (Å²) < 4.78 is 24.7. The monoisotopic (exact) mass is 246 g/mol. The van der Waals surface area contributed by atoms with Crippen LogP contribution in [0.5, 0.6) is 0 Å². The lowest BCUT2D eigenvalue weighted by molar-refractivity contribution is 0.152. The van der Waals surface area contributed by atoms with Gasteiger partial charge in [0.05, 0.1) is 18.8 Å². The van der Waals surface area contributed by atoms with E-state index in [0.717, 1.165) is 0 Å². The van der Waals surface area contributed by atoms with Gasteiger partial charge in [0.2, 0.25) is 5.95 Å². The zero-order chi connectivity index (χ0) is 12.8. The fraction of sp³-hybridized carbons (Fsp3) is 0.600. The molecule has 0 amide bonds. The normalized spacial score (nSPS) is 10.9. The SMILES string of the molecule is Cc1cc(CN)nc(N(CCO)CC(F)F)n1. The molecule has 0 aromatic carbocycles. The van der Waals surface area contributed by atoms with Gasteiger partial charge in [0.25, 0.3) is 6.43 Å². The standard InChI is InChI=1S/C10H16F2N4O/c1-7-4-8(5-13)15-10(14-7)16(2-3-17)6-9(11)12/h4,9,17H,2-3,5-6,13H2,1H3. The maximum atomic E-state index is 12.4. The lowest BCUT2D eigenvalue weighted by atomic mass is 10.3. The van der Waals surface area contributed by atoms with Crippen molar-refractivity contribution < 1.29 is 13.9 Å². The number of hydrogen-bond acceptors (Lipinski definition) is 5. The third kappa shape index (κ3) is 4.20. The quantitative estimate of drug-likeness (QED) is 0.755. The predicted molar refractivity (Wildman–Crippen MR) is 60.0 cm³/mol. The summed E-state index contributed by atoms with van der Waals surface area (Å²) in [5.74, 6) is 0.180. The third-order valence-electron chi connectivity index (χ3n) is 2.12. The lowest BCUT2D eigenvalue weighted by Gasteiger charge is -2.21. The van der Waals surface area contributed by atoms with Crippen molar-refractivity contribution in [3.63, 3.8) is 0 Å². The van der Waals surface area contributed by atoms with Crippen LogP contribution in [0.1, 0.15) is 11.4 Å². The first-order valence-corrected chi connectivity index (χ1v) is 5.25. The molecule has 0 bridgehead atoms. The van der Waals surface area contributed by atoms with Crippen molar-refractivity contribution in [2.45, 2.75) is 19.9 Å². The van der Waals surface area contributed by atoms with Crippen molar-refractivity contribution in [1.82, 2.24) is 9.97 Å². The molecule has 0 fully saturated rings. The highest BCUT2D eigenvalue weighted by atomic mass is 19.3. The molecule has 1 rings (SSSR count). The van der Waals surface area contributed by atoms with Crippen LogP contribution in [0.2, 0.25) is 0 Å². The van der Waals surface area contributed by atoms with Gasteiger partial charge in [-0.15, -0.1) is 0 Å². The topological polar surface area (TPSA) is 75.3 Å². The van der Waals surface area contributed by atoms with E-state index < -0.39 is 13.0 Å².